The number of ether oxygens (including phenoxy) is 2. The first kappa shape index (κ1) is 14.2. The van der Waals surface area contributed by atoms with Crippen molar-refractivity contribution in [3.05, 3.63) is 22.2 Å². The van der Waals surface area contributed by atoms with Crippen LogP contribution in [0.25, 0.3) is 0 Å². The lowest BCUT2D eigenvalue weighted by molar-refractivity contribution is 0.0929. The zero-order chi connectivity index (χ0) is 14.0. The van der Waals surface area contributed by atoms with Crippen molar-refractivity contribution in [1.29, 1.82) is 0 Å². The largest absolute Gasteiger partial charge is 0.486 e. The molecule has 4 nitrogen and oxygen atoms in total. The lowest BCUT2D eigenvalue weighted by Crippen LogP contribution is -2.36. The average Bonchev–Trinajstić information content (AvgIpc) is 2.38. The molecule has 1 aromatic rings. The van der Waals surface area contributed by atoms with E-state index >= 15 is 0 Å². The van der Waals surface area contributed by atoms with Gasteiger partial charge in [-0.3, -0.25) is 4.79 Å². The zero-order valence-corrected chi connectivity index (χ0v) is 12.9. The van der Waals surface area contributed by atoms with Crippen LogP contribution in [0.3, 0.4) is 0 Å². The van der Waals surface area contributed by atoms with E-state index in [0.717, 1.165) is 4.47 Å². The molecule has 0 aliphatic carbocycles. The normalized spacial score (nSPS) is 15.2. The van der Waals surface area contributed by atoms with Crippen molar-refractivity contribution in [3.63, 3.8) is 0 Å². The highest BCUT2D eigenvalue weighted by molar-refractivity contribution is 9.10. The molecule has 0 spiro atoms. The van der Waals surface area contributed by atoms with Gasteiger partial charge in [-0.25, -0.2) is 0 Å². The van der Waals surface area contributed by atoms with Gasteiger partial charge < -0.3 is 14.8 Å². The number of hydrogen-bond acceptors (Lipinski definition) is 3. The molecule has 1 aromatic carbocycles. The van der Waals surface area contributed by atoms with E-state index in [9.17, 15) is 4.79 Å². The van der Waals surface area contributed by atoms with Crippen LogP contribution in [0.4, 0.5) is 0 Å². The first-order chi connectivity index (χ1) is 8.99. The fraction of sp³-hybridized carbons (Fsp3) is 0.500. The first-order valence-corrected chi connectivity index (χ1v) is 7.18. The Balaban J connectivity index is 2.21. The summed E-state index contributed by atoms with van der Waals surface area (Å²) in [4.78, 5) is 12.2. The monoisotopic (exact) mass is 327 g/mol. The minimum absolute atomic E-state index is 0.0983. The molecule has 0 saturated heterocycles. The molecule has 5 heteroatoms. The van der Waals surface area contributed by atoms with Gasteiger partial charge in [0.1, 0.15) is 13.2 Å². The van der Waals surface area contributed by atoms with Gasteiger partial charge in [0.25, 0.3) is 5.91 Å². The number of carbonyl (C=O) groups is 1. The summed E-state index contributed by atoms with van der Waals surface area (Å²) < 4.78 is 11.8. The molecule has 2 rings (SSSR count). The summed E-state index contributed by atoms with van der Waals surface area (Å²) in [6.45, 7) is 7.18. The predicted octanol–water partition coefficient (Wildman–Crippen LogP) is 2.99. The van der Waals surface area contributed by atoms with E-state index in [1.807, 2.05) is 6.92 Å². The van der Waals surface area contributed by atoms with E-state index < -0.39 is 0 Å². The Morgan fingerprint density at radius 2 is 1.95 bits per heavy atom. The predicted molar refractivity (Wildman–Crippen MR) is 76.9 cm³/mol. The Labute approximate surface area is 121 Å². The molecule has 0 fully saturated rings. The molecule has 0 aromatic heterocycles. The number of hydrogen-bond donors (Lipinski definition) is 1. The zero-order valence-electron chi connectivity index (χ0n) is 11.3. The first-order valence-electron chi connectivity index (χ1n) is 6.39. The van der Waals surface area contributed by atoms with Crippen molar-refractivity contribution in [3.8, 4) is 11.5 Å². The minimum Gasteiger partial charge on any atom is -0.486 e. The fourth-order valence-corrected chi connectivity index (χ4v) is 2.26. The van der Waals surface area contributed by atoms with E-state index in [-0.39, 0.29) is 11.9 Å². The van der Waals surface area contributed by atoms with Crippen LogP contribution in [-0.4, -0.2) is 25.2 Å². The van der Waals surface area contributed by atoms with Gasteiger partial charge in [0.15, 0.2) is 11.5 Å². The Morgan fingerprint density at radius 3 is 2.63 bits per heavy atom. The highest BCUT2D eigenvalue weighted by atomic mass is 79.9. The third-order valence-electron chi connectivity index (χ3n) is 3.22. The second-order valence-electron chi connectivity index (χ2n) is 4.99. The molecule has 1 amide bonds. The third-order valence-corrected chi connectivity index (χ3v) is 3.81. The number of fused-ring (bicyclic) bond motifs is 1. The summed E-state index contributed by atoms with van der Waals surface area (Å²) in [5.74, 6) is 1.58. The molecule has 1 atom stereocenters. The van der Waals surface area contributed by atoms with E-state index in [1.165, 1.54) is 0 Å². The molecule has 1 N–H and O–H groups in total. The maximum Gasteiger partial charge on any atom is 0.251 e. The molecular formula is C14H18BrNO3. The molecular weight excluding hydrogens is 310 g/mol. The summed E-state index contributed by atoms with van der Waals surface area (Å²) in [6.07, 6.45) is 0. The maximum absolute atomic E-state index is 12.2. The number of benzene rings is 1. The van der Waals surface area contributed by atoms with Gasteiger partial charge in [0, 0.05) is 11.6 Å². The Bertz CT molecular complexity index is 488. The molecule has 104 valence electrons. The Kier molecular flexibility index (Phi) is 4.34. The molecule has 0 bridgehead atoms. The number of rotatable bonds is 3. The topological polar surface area (TPSA) is 47.6 Å². The van der Waals surface area contributed by atoms with Gasteiger partial charge in [-0.15, -0.1) is 0 Å². The molecule has 0 radical (unpaired) electrons. The van der Waals surface area contributed by atoms with Crippen molar-refractivity contribution in [2.24, 2.45) is 5.92 Å². The van der Waals surface area contributed by atoms with Crippen LogP contribution >= 0.6 is 15.9 Å². The van der Waals surface area contributed by atoms with Crippen molar-refractivity contribution < 1.29 is 14.3 Å². The van der Waals surface area contributed by atoms with Crippen molar-refractivity contribution in [2.45, 2.75) is 26.8 Å². The second kappa shape index (κ2) is 5.82. The summed E-state index contributed by atoms with van der Waals surface area (Å²) in [5.41, 5.74) is 0.573. The van der Waals surface area contributed by atoms with Crippen molar-refractivity contribution >= 4 is 21.8 Å². The molecule has 1 heterocycles. The summed E-state index contributed by atoms with van der Waals surface area (Å²) in [7, 11) is 0. The van der Waals surface area contributed by atoms with Crippen LogP contribution in [0.1, 0.15) is 31.1 Å². The van der Waals surface area contributed by atoms with Crippen LogP contribution in [0.15, 0.2) is 16.6 Å². The third kappa shape index (κ3) is 3.21. The number of carbonyl (C=O) groups excluding carboxylic acids is 1. The van der Waals surface area contributed by atoms with E-state index in [2.05, 4.69) is 35.1 Å². The number of nitrogens with one attached hydrogen (secondary N) is 1. The average molecular weight is 328 g/mol. The van der Waals surface area contributed by atoms with Crippen LogP contribution in [0.5, 0.6) is 11.5 Å². The Hall–Kier alpha value is -1.23. The molecule has 1 aliphatic rings. The van der Waals surface area contributed by atoms with Gasteiger partial charge in [0.05, 0.1) is 4.47 Å². The van der Waals surface area contributed by atoms with E-state index in [0.29, 0.717) is 36.2 Å². The fourth-order valence-electron chi connectivity index (χ4n) is 1.70. The number of amides is 1. The van der Waals surface area contributed by atoms with Crippen LogP contribution in [0.2, 0.25) is 0 Å². The van der Waals surface area contributed by atoms with E-state index in [1.54, 1.807) is 12.1 Å². The highest BCUT2D eigenvalue weighted by Gasteiger charge is 2.20. The van der Waals surface area contributed by atoms with Crippen LogP contribution in [-0.2, 0) is 0 Å². The lowest BCUT2D eigenvalue weighted by atomic mass is 10.1. The SMILES string of the molecule is CC(C)[C@@H](C)NC(=O)c1cc(Br)c2c(c1)OCCO2. The lowest BCUT2D eigenvalue weighted by Gasteiger charge is -2.21. The van der Waals surface area contributed by atoms with Gasteiger partial charge in [-0.1, -0.05) is 13.8 Å². The van der Waals surface area contributed by atoms with E-state index in [4.69, 9.17) is 9.47 Å². The standard InChI is InChI=1S/C14H18BrNO3/c1-8(2)9(3)16-14(17)10-6-11(15)13-12(7-10)18-4-5-19-13/h6-9H,4-5H2,1-3H3,(H,16,17)/t9-/m1/s1. The Morgan fingerprint density at radius 1 is 1.26 bits per heavy atom. The minimum atomic E-state index is -0.0983. The van der Waals surface area contributed by atoms with Gasteiger partial charge >= 0.3 is 0 Å². The van der Waals surface area contributed by atoms with Gasteiger partial charge in [0.2, 0.25) is 0 Å². The maximum atomic E-state index is 12.2. The molecule has 1 aliphatic heterocycles. The molecule has 0 unspecified atom stereocenters. The number of halogens is 1. The molecule has 19 heavy (non-hydrogen) atoms. The van der Waals surface area contributed by atoms with Crippen molar-refractivity contribution in [1.82, 2.24) is 5.32 Å². The highest BCUT2D eigenvalue weighted by Crippen LogP contribution is 2.38. The summed E-state index contributed by atoms with van der Waals surface area (Å²) >= 11 is 3.41. The second-order valence-corrected chi connectivity index (χ2v) is 5.84. The quantitative estimate of drug-likeness (QED) is 0.928. The molecule has 0 saturated carbocycles. The smallest absolute Gasteiger partial charge is 0.251 e. The van der Waals surface area contributed by atoms with Gasteiger partial charge in [-0.05, 0) is 40.9 Å². The van der Waals surface area contributed by atoms with Crippen LogP contribution < -0.4 is 14.8 Å². The summed E-state index contributed by atoms with van der Waals surface area (Å²) in [6, 6.07) is 3.61. The van der Waals surface area contributed by atoms with Gasteiger partial charge in [-0.2, -0.15) is 0 Å². The van der Waals surface area contributed by atoms with Crippen LogP contribution in [0, 0.1) is 5.92 Å². The van der Waals surface area contributed by atoms with Crippen molar-refractivity contribution in [2.75, 3.05) is 13.2 Å². The summed E-state index contributed by atoms with van der Waals surface area (Å²) in [5, 5.41) is 2.97.